The number of esters is 1. The molecule has 2 N–H and O–H groups in total. The molecule has 2 aromatic rings. The summed E-state index contributed by atoms with van der Waals surface area (Å²) in [5.41, 5.74) is 1.88. The number of hydrogen-bond donors (Lipinski definition) is 2. The number of carbonyl (C=O) groups excluding carboxylic acids is 2. The first-order valence-corrected chi connectivity index (χ1v) is 6.72. The first kappa shape index (κ1) is 13.9. The highest BCUT2D eigenvalue weighted by Gasteiger charge is 2.32. The number of carbonyl (C=O) groups is 2. The van der Waals surface area contributed by atoms with Crippen molar-refractivity contribution in [2.45, 2.75) is 0 Å². The second kappa shape index (κ2) is 5.73. The van der Waals surface area contributed by atoms with Crippen molar-refractivity contribution in [1.82, 2.24) is 0 Å². The number of anilines is 1. The maximum Gasteiger partial charge on any atom is 0.379 e. The molecule has 0 radical (unpaired) electrons. The van der Waals surface area contributed by atoms with Crippen molar-refractivity contribution in [2.75, 3.05) is 11.9 Å². The van der Waals surface area contributed by atoms with E-state index in [0.717, 1.165) is 5.56 Å². The molecule has 2 aromatic carbocycles. The quantitative estimate of drug-likeness (QED) is 0.393. The van der Waals surface area contributed by atoms with Gasteiger partial charge in [0.15, 0.2) is 0 Å². The number of ketones is 1. The number of benzene rings is 2. The van der Waals surface area contributed by atoms with Gasteiger partial charge in [0.2, 0.25) is 0 Å². The van der Waals surface area contributed by atoms with Gasteiger partial charge >= 0.3 is 5.97 Å². The monoisotopic (exact) mass is 295 g/mol. The Morgan fingerprint density at radius 3 is 2.32 bits per heavy atom. The molecule has 3 rings (SSSR count). The minimum Gasteiger partial charge on any atom is -0.506 e. The number of para-hydroxylation sites is 2. The van der Waals surface area contributed by atoms with Gasteiger partial charge in [-0.15, -0.1) is 0 Å². The van der Waals surface area contributed by atoms with Gasteiger partial charge in [0.05, 0.1) is 17.0 Å². The molecule has 110 valence electrons. The van der Waals surface area contributed by atoms with Crippen molar-refractivity contribution < 1.29 is 19.4 Å². The fourth-order valence-electron chi connectivity index (χ4n) is 2.22. The molecule has 0 aliphatic carbocycles. The molecule has 1 saturated heterocycles. The maximum atomic E-state index is 12.0. The van der Waals surface area contributed by atoms with Gasteiger partial charge in [-0.25, -0.2) is 4.79 Å². The summed E-state index contributed by atoms with van der Waals surface area (Å²) in [5.74, 6) is -1.47. The Morgan fingerprint density at radius 2 is 1.68 bits per heavy atom. The van der Waals surface area contributed by atoms with Crippen LogP contribution in [-0.2, 0) is 14.3 Å². The molecule has 0 spiro atoms. The third-order valence-electron chi connectivity index (χ3n) is 3.34. The number of hydrogen-bond acceptors (Lipinski definition) is 5. The van der Waals surface area contributed by atoms with Gasteiger partial charge in [-0.2, -0.15) is 0 Å². The second-order valence-electron chi connectivity index (χ2n) is 4.77. The van der Waals surface area contributed by atoms with E-state index in [4.69, 9.17) is 4.74 Å². The number of phenolic OH excluding ortho intramolecular Hbond substituents is 1. The number of cyclic esters (lactones) is 1. The third-order valence-corrected chi connectivity index (χ3v) is 3.34. The van der Waals surface area contributed by atoms with Crippen LogP contribution in [0.2, 0.25) is 0 Å². The zero-order valence-electron chi connectivity index (χ0n) is 11.6. The summed E-state index contributed by atoms with van der Waals surface area (Å²) >= 11 is 0. The predicted molar refractivity (Wildman–Crippen MR) is 81.1 cm³/mol. The highest BCUT2D eigenvalue weighted by Crippen LogP contribution is 2.29. The molecule has 0 unspecified atom stereocenters. The van der Waals surface area contributed by atoms with Gasteiger partial charge < -0.3 is 15.2 Å². The first-order valence-electron chi connectivity index (χ1n) is 6.72. The predicted octanol–water partition coefficient (Wildman–Crippen LogP) is 2.34. The highest BCUT2D eigenvalue weighted by atomic mass is 16.5. The van der Waals surface area contributed by atoms with E-state index in [0.29, 0.717) is 11.4 Å². The Hall–Kier alpha value is -3.08. The Labute approximate surface area is 126 Å². The lowest BCUT2D eigenvalue weighted by atomic mass is 10.0. The smallest absolute Gasteiger partial charge is 0.379 e. The minimum absolute atomic E-state index is 0.0502. The van der Waals surface area contributed by atoms with Gasteiger partial charge in [-0.1, -0.05) is 42.5 Å². The minimum atomic E-state index is -0.859. The highest BCUT2D eigenvalue weighted by molar-refractivity contribution is 6.44. The van der Waals surface area contributed by atoms with E-state index in [1.54, 1.807) is 18.2 Å². The van der Waals surface area contributed by atoms with E-state index in [9.17, 15) is 14.7 Å². The van der Waals surface area contributed by atoms with Crippen molar-refractivity contribution in [3.63, 3.8) is 0 Å². The van der Waals surface area contributed by atoms with Gasteiger partial charge in [0.25, 0.3) is 5.78 Å². The molecular formula is C17H13NO4. The standard InChI is InChI=1S/C17H13NO4/c19-14-9-5-4-8-13(14)18-15(11-6-2-1-3-7-11)12-10-22-17(21)16(12)20/h1-9,18-19H,10H2/b15-12-. The Bertz CT molecular complexity index is 765. The summed E-state index contributed by atoms with van der Waals surface area (Å²) in [5, 5.41) is 12.9. The van der Waals surface area contributed by atoms with Gasteiger partial charge in [0.1, 0.15) is 12.4 Å². The molecule has 1 heterocycles. The summed E-state index contributed by atoms with van der Waals surface area (Å²) in [6.45, 7) is -0.0809. The third kappa shape index (κ3) is 2.56. The van der Waals surface area contributed by atoms with Crippen molar-refractivity contribution in [1.29, 1.82) is 0 Å². The summed E-state index contributed by atoms with van der Waals surface area (Å²) in [6, 6.07) is 15.8. The average molecular weight is 295 g/mol. The first-order chi connectivity index (χ1) is 10.7. The summed E-state index contributed by atoms with van der Waals surface area (Å²) in [4.78, 5) is 23.3. The number of aromatic hydroxyl groups is 1. The molecule has 5 heteroatoms. The summed E-state index contributed by atoms with van der Waals surface area (Å²) < 4.78 is 4.80. The molecule has 0 atom stereocenters. The van der Waals surface area contributed by atoms with E-state index in [1.807, 2.05) is 30.3 Å². The van der Waals surface area contributed by atoms with Crippen LogP contribution in [0, 0.1) is 0 Å². The summed E-state index contributed by atoms with van der Waals surface area (Å²) in [6.07, 6.45) is 0. The number of nitrogens with one attached hydrogen (secondary N) is 1. The zero-order chi connectivity index (χ0) is 15.5. The van der Waals surface area contributed by atoms with Crippen molar-refractivity contribution in [3.05, 3.63) is 65.7 Å². The molecule has 0 aromatic heterocycles. The maximum absolute atomic E-state index is 12.0. The largest absolute Gasteiger partial charge is 0.506 e. The van der Waals surface area contributed by atoms with E-state index in [2.05, 4.69) is 5.32 Å². The summed E-state index contributed by atoms with van der Waals surface area (Å²) in [7, 11) is 0. The second-order valence-corrected chi connectivity index (χ2v) is 4.77. The molecule has 5 nitrogen and oxygen atoms in total. The van der Waals surface area contributed by atoms with Crippen LogP contribution < -0.4 is 5.32 Å². The number of Topliss-reactive ketones (excluding diaryl/α,β-unsaturated/α-hetero) is 1. The fourth-order valence-corrected chi connectivity index (χ4v) is 2.22. The van der Waals surface area contributed by atoms with Gasteiger partial charge in [-0.3, -0.25) is 4.79 Å². The lowest BCUT2D eigenvalue weighted by Gasteiger charge is -2.14. The molecular weight excluding hydrogens is 282 g/mol. The van der Waals surface area contributed by atoms with Crippen LogP contribution in [0.4, 0.5) is 5.69 Å². The van der Waals surface area contributed by atoms with E-state index < -0.39 is 11.8 Å². The van der Waals surface area contributed by atoms with E-state index >= 15 is 0 Å². The van der Waals surface area contributed by atoms with Crippen LogP contribution in [0.3, 0.4) is 0 Å². The lowest BCUT2D eigenvalue weighted by Crippen LogP contribution is -2.11. The van der Waals surface area contributed by atoms with Gasteiger partial charge in [0, 0.05) is 0 Å². The van der Waals surface area contributed by atoms with Crippen molar-refractivity contribution in [2.24, 2.45) is 0 Å². The SMILES string of the molecule is O=C1OC/C(=C(/Nc2ccccc2O)c2ccccc2)C1=O. The van der Waals surface area contributed by atoms with Gasteiger partial charge in [-0.05, 0) is 17.7 Å². The zero-order valence-corrected chi connectivity index (χ0v) is 11.6. The Morgan fingerprint density at radius 1 is 1.00 bits per heavy atom. The Balaban J connectivity index is 2.09. The molecule has 22 heavy (non-hydrogen) atoms. The van der Waals surface area contributed by atoms with Crippen LogP contribution in [0.1, 0.15) is 5.56 Å². The molecule has 0 saturated carbocycles. The number of ether oxygens (including phenoxy) is 1. The van der Waals surface area contributed by atoms with Crippen molar-refractivity contribution >= 4 is 23.1 Å². The molecule has 0 bridgehead atoms. The molecule has 0 amide bonds. The fraction of sp³-hybridized carbons (Fsp3) is 0.0588. The normalized spacial score (nSPS) is 16.4. The lowest BCUT2D eigenvalue weighted by molar-refractivity contribution is -0.146. The van der Waals surface area contributed by atoms with E-state index in [-0.39, 0.29) is 17.9 Å². The van der Waals surface area contributed by atoms with E-state index in [1.165, 1.54) is 6.07 Å². The number of phenols is 1. The number of rotatable bonds is 3. The van der Waals surface area contributed by atoms with Crippen molar-refractivity contribution in [3.8, 4) is 5.75 Å². The van der Waals surface area contributed by atoms with Crippen LogP contribution in [0.25, 0.3) is 5.70 Å². The van der Waals surface area contributed by atoms with Crippen LogP contribution >= 0.6 is 0 Å². The molecule has 1 aliphatic heterocycles. The Kier molecular flexibility index (Phi) is 3.62. The topological polar surface area (TPSA) is 75.6 Å². The molecule has 1 fully saturated rings. The van der Waals surface area contributed by atoms with Crippen LogP contribution in [0.15, 0.2) is 60.2 Å². The average Bonchev–Trinajstić information content (AvgIpc) is 2.87. The molecule has 1 aliphatic rings. The van der Waals surface area contributed by atoms with Crippen LogP contribution in [0.5, 0.6) is 5.75 Å². The van der Waals surface area contributed by atoms with Crippen LogP contribution in [-0.4, -0.2) is 23.5 Å².